The van der Waals surface area contributed by atoms with E-state index in [9.17, 15) is 5.11 Å². The van der Waals surface area contributed by atoms with E-state index in [2.05, 4.69) is 37.4 Å². The molecule has 0 radical (unpaired) electrons. The third-order valence-electron chi connectivity index (χ3n) is 4.05. The van der Waals surface area contributed by atoms with E-state index in [4.69, 9.17) is 0 Å². The quantitative estimate of drug-likeness (QED) is 0.857. The number of nitrogens with one attached hydrogen (secondary N) is 1. The van der Waals surface area contributed by atoms with E-state index in [0.717, 1.165) is 37.8 Å². The molecular formula is C16H25NO. The summed E-state index contributed by atoms with van der Waals surface area (Å²) in [5, 5.41) is 14.3. The van der Waals surface area contributed by atoms with Crippen LogP contribution in [0.5, 0.6) is 0 Å². The predicted octanol–water partition coefficient (Wildman–Crippen LogP) is 3.12. The maximum absolute atomic E-state index is 10.8. The maximum atomic E-state index is 10.8. The Bertz CT molecular complexity index is 380. The second-order valence-corrected chi connectivity index (χ2v) is 5.63. The third-order valence-corrected chi connectivity index (χ3v) is 4.05. The van der Waals surface area contributed by atoms with Gasteiger partial charge in [-0.05, 0) is 51.1 Å². The highest BCUT2D eigenvalue weighted by Crippen LogP contribution is 2.37. The smallest absolute Gasteiger partial charge is 0.0897 e. The van der Waals surface area contributed by atoms with Crippen LogP contribution < -0.4 is 5.32 Å². The molecule has 2 N–H and O–H groups in total. The zero-order valence-corrected chi connectivity index (χ0v) is 11.6. The minimum atomic E-state index is -0.601. The summed E-state index contributed by atoms with van der Waals surface area (Å²) in [5.41, 5.74) is 1.72. The first-order valence-electron chi connectivity index (χ1n) is 7.17. The van der Waals surface area contributed by atoms with Crippen molar-refractivity contribution in [1.82, 2.24) is 5.32 Å². The van der Waals surface area contributed by atoms with Crippen LogP contribution >= 0.6 is 0 Å². The minimum absolute atomic E-state index is 0.593. The topological polar surface area (TPSA) is 32.3 Å². The van der Waals surface area contributed by atoms with Gasteiger partial charge in [0, 0.05) is 6.04 Å². The fraction of sp³-hybridized carbons (Fsp3) is 0.625. The molecule has 18 heavy (non-hydrogen) atoms. The first-order valence-corrected chi connectivity index (χ1v) is 7.17. The Hall–Kier alpha value is -0.860. The number of aryl methyl sites for hydroxylation is 1. The van der Waals surface area contributed by atoms with E-state index < -0.39 is 5.60 Å². The summed E-state index contributed by atoms with van der Waals surface area (Å²) in [5.74, 6) is 0. The number of benzene rings is 1. The molecule has 1 aliphatic rings. The summed E-state index contributed by atoms with van der Waals surface area (Å²) in [7, 11) is 0. The van der Waals surface area contributed by atoms with Crippen LogP contribution in [-0.2, 0) is 5.60 Å². The number of aliphatic hydroxyl groups is 1. The molecule has 2 heteroatoms. The van der Waals surface area contributed by atoms with Gasteiger partial charge < -0.3 is 10.4 Å². The van der Waals surface area contributed by atoms with Crippen LogP contribution in [-0.4, -0.2) is 17.7 Å². The van der Waals surface area contributed by atoms with Crippen LogP contribution in [0.15, 0.2) is 24.3 Å². The third kappa shape index (κ3) is 3.12. The van der Waals surface area contributed by atoms with Crippen molar-refractivity contribution >= 4 is 0 Å². The van der Waals surface area contributed by atoms with Crippen LogP contribution in [0.3, 0.4) is 0 Å². The number of hydrogen-bond acceptors (Lipinski definition) is 2. The van der Waals surface area contributed by atoms with Gasteiger partial charge in [-0.25, -0.2) is 0 Å². The molecule has 0 bridgehead atoms. The van der Waals surface area contributed by atoms with Crippen molar-refractivity contribution in [2.24, 2.45) is 0 Å². The molecule has 0 saturated heterocycles. The zero-order chi connectivity index (χ0) is 13.0. The molecule has 0 amide bonds. The first kappa shape index (κ1) is 13.6. The molecule has 0 heterocycles. The van der Waals surface area contributed by atoms with Gasteiger partial charge in [0.2, 0.25) is 0 Å². The highest BCUT2D eigenvalue weighted by atomic mass is 16.3. The lowest BCUT2D eigenvalue weighted by molar-refractivity contribution is -0.00831. The van der Waals surface area contributed by atoms with Gasteiger partial charge >= 0.3 is 0 Å². The van der Waals surface area contributed by atoms with Crippen LogP contribution in [0.1, 0.15) is 50.2 Å². The van der Waals surface area contributed by atoms with Crippen molar-refractivity contribution < 1.29 is 5.11 Å². The minimum Gasteiger partial charge on any atom is -0.385 e. The average molecular weight is 247 g/mol. The van der Waals surface area contributed by atoms with Crippen molar-refractivity contribution in [3.05, 3.63) is 35.4 Å². The maximum Gasteiger partial charge on any atom is 0.0897 e. The molecule has 1 aliphatic carbocycles. The molecule has 0 spiro atoms. The van der Waals surface area contributed by atoms with E-state index in [1.807, 2.05) is 6.07 Å². The van der Waals surface area contributed by atoms with Gasteiger partial charge in [0.1, 0.15) is 0 Å². The van der Waals surface area contributed by atoms with Crippen molar-refractivity contribution in [2.75, 3.05) is 6.54 Å². The first-order chi connectivity index (χ1) is 8.64. The molecule has 1 fully saturated rings. The SMILES string of the molecule is CCCNC1CCC(O)(c2cccc(C)c2)CC1. The van der Waals surface area contributed by atoms with Gasteiger partial charge in [-0.2, -0.15) is 0 Å². The normalized spacial score (nSPS) is 28.3. The second kappa shape index (κ2) is 5.85. The molecule has 1 aromatic rings. The van der Waals surface area contributed by atoms with Gasteiger partial charge in [-0.15, -0.1) is 0 Å². The van der Waals surface area contributed by atoms with Crippen molar-refractivity contribution in [2.45, 2.75) is 57.6 Å². The van der Waals surface area contributed by atoms with Crippen LogP contribution in [0.25, 0.3) is 0 Å². The zero-order valence-electron chi connectivity index (χ0n) is 11.6. The van der Waals surface area contributed by atoms with Gasteiger partial charge in [-0.3, -0.25) is 0 Å². The highest BCUT2D eigenvalue weighted by molar-refractivity contribution is 5.28. The lowest BCUT2D eigenvalue weighted by Crippen LogP contribution is -2.40. The van der Waals surface area contributed by atoms with E-state index >= 15 is 0 Å². The molecule has 2 rings (SSSR count). The molecular weight excluding hydrogens is 222 g/mol. The van der Waals surface area contributed by atoms with Crippen LogP contribution in [0.2, 0.25) is 0 Å². The van der Waals surface area contributed by atoms with E-state index in [1.165, 1.54) is 12.0 Å². The van der Waals surface area contributed by atoms with Crippen LogP contribution in [0, 0.1) is 6.92 Å². The van der Waals surface area contributed by atoms with Gasteiger partial charge in [-0.1, -0.05) is 36.8 Å². The molecule has 0 aromatic heterocycles. The predicted molar refractivity (Wildman–Crippen MR) is 75.6 cm³/mol. The lowest BCUT2D eigenvalue weighted by Gasteiger charge is -2.37. The Morgan fingerprint density at radius 3 is 2.67 bits per heavy atom. The fourth-order valence-electron chi connectivity index (χ4n) is 2.87. The summed E-state index contributed by atoms with van der Waals surface area (Å²) in [6.45, 7) is 5.37. The van der Waals surface area contributed by atoms with Gasteiger partial charge in [0.05, 0.1) is 5.60 Å². The summed E-state index contributed by atoms with van der Waals surface area (Å²) in [4.78, 5) is 0. The molecule has 0 aliphatic heterocycles. The van der Waals surface area contributed by atoms with E-state index in [-0.39, 0.29) is 0 Å². The average Bonchev–Trinajstić information content (AvgIpc) is 2.38. The standard InChI is InChI=1S/C16H25NO/c1-3-11-17-15-7-9-16(18,10-8-15)14-6-4-5-13(2)12-14/h4-6,12,15,17-18H,3,7-11H2,1-2H3. The summed E-state index contributed by atoms with van der Waals surface area (Å²) in [6.07, 6.45) is 5.07. The van der Waals surface area contributed by atoms with Gasteiger partial charge in [0.25, 0.3) is 0 Å². The molecule has 1 saturated carbocycles. The van der Waals surface area contributed by atoms with Crippen molar-refractivity contribution in [1.29, 1.82) is 0 Å². The Morgan fingerprint density at radius 2 is 2.06 bits per heavy atom. The Morgan fingerprint density at radius 1 is 1.33 bits per heavy atom. The largest absolute Gasteiger partial charge is 0.385 e. The second-order valence-electron chi connectivity index (χ2n) is 5.63. The molecule has 0 atom stereocenters. The monoisotopic (exact) mass is 247 g/mol. The molecule has 100 valence electrons. The highest BCUT2D eigenvalue weighted by Gasteiger charge is 2.34. The Kier molecular flexibility index (Phi) is 4.41. The van der Waals surface area contributed by atoms with Crippen LogP contribution in [0.4, 0.5) is 0 Å². The molecule has 2 nitrogen and oxygen atoms in total. The molecule has 0 unspecified atom stereocenters. The summed E-state index contributed by atoms with van der Waals surface area (Å²) in [6, 6.07) is 8.91. The van der Waals surface area contributed by atoms with Crippen molar-refractivity contribution in [3.8, 4) is 0 Å². The van der Waals surface area contributed by atoms with E-state index in [0.29, 0.717) is 6.04 Å². The summed E-state index contributed by atoms with van der Waals surface area (Å²) < 4.78 is 0. The van der Waals surface area contributed by atoms with E-state index in [1.54, 1.807) is 0 Å². The number of rotatable bonds is 4. The lowest BCUT2D eigenvalue weighted by atomic mass is 9.77. The Balaban J connectivity index is 1.98. The fourth-order valence-corrected chi connectivity index (χ4v) is 2.87. The number of hydrogen-bond donors (Lipinski definition) is 2. The Labute approximate surface area is 110 Å². The van der Waals surface area contributed by atoms with Gasteiger partial charge in [0.15, 0.2) is 0 Å². The summed E-state index contributed by atoms with van der Waals surface area (Å²) >= 11 is 0. The molecule has 1 aromatic carbocycles. The van der Waals surface area contributed by atoms with Crippen molar-refractivity contribution in [3.63, 3.8) is 0 Å².